The highest BCUT2D eigenvalue weighted by atomic mass is 16.1. The average molecular weight is 239 g/mol. The monoisotopic (exact) mass is 239 g/mol. The van der Waals surface area contributed by atoms with Crippen LogP contribution in [-0.4, -0.2) is 10.8 Å². The molecule has 0 N–H and O–H groups in total. The Labute approximate surface area is 108 Å². The summed E-state index contributed by atoms with van der Waals surface area (Å²) >= 11 is 0. The predicted octanol–water partition coefficient (Wildman–Crippen LogP) is 3.50. The lowest BCUT2D eigenvalue weighted by atomic mass is 9.95. The highest BCUT2D eigenvalue weighted by Crippen LogP contribution is 2.26. The van der Waals surface area contributed by atoms with Gasteiger partial charge in [-0.1, -0.05) is 18.2 Å². The van der Waals surface area contributed by atoms with Gasteiger partial charge in [0.15, 0.2) is 0 Å². The van der Waals surface area contributed by atoms with Gasteiger partial charge in [-0.05, 0) is 49.1 Å². The maximum Gasteiger partial charge on any atom is 0.134 e. The molecule has 0 bridgehead atoms. The number of carbonyl (C=O) groups is 1. The van der Waals surface area contributed by atoms with Crippen LogP contribution in [0.3, 0.4) is 0 Å². The first kappa shape index (κ1) is 12.5. The molecule has 0 atom stereocenters. The normalized spacial score (nSPS) is 10.4. The number of rotatable bonds is 3. The van der Waals surface area contributed by atoms with E-state index in [1.807, 2.05) is 18.3 Å². The van der Waals surface area contributed by atoms with Crippen molar-refractivity contribution < 1.29 is 4.79 Å². The highest BCUT2D eigenvalue weighted by Gasteiger charge is 2.06. The standard InChI is InChI=1S/C16H17NO/c1-11-6-7-17-10-16(11)15-5-4-14(8-12(15)2)9-13(3)18/h4-8,10H,9H2,1-3H3. The summed E-state index contributed by atoms with van der Waals surface area (Å²) in [6.07, 6.45) is 4.20. The van der Waals surface area contributed by atoms with Gasteiger partial charge in [-0.25, -0.2) is 0 Å². The summed E-state index contributed by atoms with van der Waals surface area (Å²) in [5, 5.41) is 0. The van der Waals surface area contributed by atoms with E-state index in [4.69, 9.17) is 0 Å². The minimum Gasteiger partial charge on any atom is -0.300 e. The first-order chi connectivity index (χ1) is 8.58. The van der Waals surface area contributed by atoms with Crippen LogP contribution in [0.2, 0.25) is 0 Å². The molecule has 18 heavy (non-hydrogen) atoms. The summed E-state index contributed by atoms with van der Waals surface area (Å²) in [6, 6.07) is 8.20. The van der Waals surface area contributed by atoms with E-state index < -0.39 is 0 Å². The van der Waals surface area contributed by atoms with Crippen molar-refractivity contribution in [3.05, 3.63) is 53.3 Å². The van der Waals surface area contributed by atoms with Crippen molar-refractivity contribution in [3.8, 4) is 11.1 Å². The molecule has 2 heteroatoms. The van der Waals surface area contributed by atoms with Gasteiger partial charge in [0.2, 0.25) is 0 Å². The molecule has 2 rings (SSSR count). The third-order valence-corrected chi connectivity index (χ3v) is 3.07. The summed E-state index contributed by atoms with van der Waals surface area (Å²) < 4.78 is 0. The van der Waals surface area contributed by atoms with Gasteiger partial charge in [0.25, 0.3) is 0 Å². The third kappa shape index (κ3) is 2.65. The lowest BCUT2D eigenvalue weighted by Gasteiger charge is -2.10. The molecule has 0 fully saturated rings. The second kappa shape index (κ2) is 5.13. The molecule has 1 heterocycles. The summed E-state index contributed by atoms with van der Waals surface area (Å²) in [7, 11) is 0. The zero-order valence-corrected chi connectivity index (χ0v) is 11.0. The van der Waals surface area contributed by atoms with E-state index in [9.17, 15) is 4.79 Å². The molecule has 0 aliphatic carbocycles. The van der Waals surface area contributed by atoms with Crippen molar-refractivity contribution >= 4 is 5.78 Å². The number of hydrogen-bond donors (Lipinski definition) is 0. The number of carbonyl (C=O) groups excluding carboxylic acids is 1. The van der Waals surface area contributed by atoms with Crippen LogP contribution in [0.1, 0.15) is 23.6 Å². The molecule has 1 aromatic carbocycles. The average Bonchev–Trinajstić information content (AvgIpc) is 2.30. The molecule has 0 aliphatic rings. The van der Waals surface area contributed by atoms with Crippen LogP contribution in [0.4, 0.5) is 0 Å². The van der Waals surface area contributed by atoms with Gasteiger partial charge in [-0.2, -0.15) is 0 Å². The Morgan fingerprint density at radius 2 is 1.89 bits per heavy atom. The van der Waals surface area contributed by atoms with Gasteiger partial charge in [0, 0.05) is 24.4 Å². The number of aryl methyl sites for hydroxylation is 2. The third-order valence-electron chi connectivity index (χ3n) is 3.07. The maximum atomic E-state index is 11.1. The first-order valence-corrected chi connectivity index (χ1v) is 6.08. The fourth-order valence-electron chi connectivity index (χ4n) is 2.17. The zero-order chi connectivity index (χ0) is 13.1. The number of Topliss-reactive ketones (excluding diaryl/α,β-unsaturated/α-hetero) is 1. The van der Waals surface area contributed by atoms with Crippen molar-refractivity contribution in [2.45, 2.75) is 27.2 Å². The minimum atomic E-state index is 0.194. The van der Waals surface area contributed by atoms with Crippen molar-refractivity contribution in [2.75, 3.05) is 0 Å². The SMILES string of the molecule is CC(=O)Cc1ccc(-c2cnccc2C)c(C)c1. The molecule has 2 aromatic rings. The number of benzene rings is 1. The van der Waals surface area contributed by atoms with Gasteiger partial charge >= 0.3 is 0 Å². The molecule has 0 aliphatic heterocycles. The number of pyridine rings is 1. The number of ketones is 1. The largest absolute Gasteiger partial charge is 0.300 e. The maximum absolute atomic E-state index is 11.1. The summed E-state index contributed by atoms with van der Waals surface area (Å²) in [6.45, 7) is 5.78. The van der Waals surface area contributed by atoms with E-state index >= 15 is 0 Å². The second-order valence-corrected chi connectivity index (χ2v) is 4.72. The van der Waals surface area contributed by atoms with E-state index in [1.54, 1.807) is 13.1 Å². The van der Waals surface area contributed by atoms with Crippen LogP contribution in [-0.2, 0) is 11.2 Å². The minimum absolute atomic E-state index is 0.194. The van der Waals surface area contributed by atoms with Crippen LogP contribution in [0.5, 0.6) is 0 Å². The van der Waals surface area contributed by atoms with Gasteiger partial charge in [0.05, 0.1) is 0 Å². The van der Waals surface area contributed by atoms with E-state index in [0.29, 0.717) is 6.42 Å². The van der Waals surface area contributed by atoms with Crippen molar-refractivity contribution in [1.29, 1.82) is 0 Å². The van der Waals surface area contributed by atoms with E-state index in [0.717, 1.165) is 11.1 Å². The molecule has 0 radical (unpaired) electrons. The lowest BCUT2D eigenvalue weighted by molar-refractivity contribution is -0.116. The summed E-state index contributed by atoms with van der Waals surface area (Å²) in [4.78, 5) is 15.3. The molecule has 0 saturated heterocycles. The molecule has 0 saturated carbocycles. The van der Waals surface area contributed by atoms with Gasteiger partial charge in [0.1, 0.15) is 5.78 Å². The Hall–Kier alpha value is -1.96. The Balaban J connectivity index is 2.42. The molecular weight excluding hydrogens is 222 g/mol. The number of hydrogen-bond acceptors (Lipinski definition) is 2. The van der Waals surface area contributed by atoms with Gasteiger partial charge < -0.3 is 0 Å². The predicted molar refractivity (Wildman–Crippen MR) is 73.5 cm³/mol. The summed E-state index contributed by atoms with van der Waals surface area (Å²) in [5.74, 6) is 0.194. The second-order valence-electron chi connectivity index (χ2n) is 4.72. The molecule has 92 valence electrons. The van der Waals surface area contributed by atoms with E-state index in [1.165, 1.54) is 16.7 Å². The molecular formula is C16H17NO. The zero-order valence-electron chi connectivity index (χ0n) is 11.0. The Kier molecular flexibility index (Phi) is 3.56. The lowest BCUT2D eigenvalue weighted by Crippen LogP contribution is -1.97. The van der Waals surface area contributed by atoms with Crippen LogP contribution in [0.15, 0.2) is 36.7 Å². The molecule has 0 amide bonds. The van der Waals surface area contributed by atoms with Crippen LogP contribution in [0.25, 0.3) is 11.1 Å². The number of aromatic nitrogens is 1. The van der Waals surface area contributed by atoms with Crippen LogP contribution >= 0.6 is 0 Å². The molecule has 2 nitrogen and oxygen atoms in total. The van der Waals surface area contributed by atoms with Crippen LogP contribution in [0, 0.1) is 13.8 Å². The Bertz CT molecular complexity index is 587. The highest BCUT2D eigenvalue weighted by molar-refractivity contribution is 5.79. The fraction of sp³-hybridized carbons (Fsp3) is 0.250. The molecule has 0 unspecified atom stereocenters. The van der Waals surface area contributed by atoms with E-state index in [-0.39, 0.29) is 5.78 Å². The van der Waals surface area contributed by atoms with Crippen molar-refractivity contribution in [1.82, 2.24) is 4.98 Å². The first-order valence-electron chi connectivity index (χ1n) is 6.08. The van der Waals surface area contributed by atoms with Gasteiger partial charge in [-0.15, -0.1) is 0 Å². The van der Waals surface area contributed by atoms with Crippen LogP contribution < -0.4 is 0 Å². The smallest absolute Gasteiger partial charge is 0.134 e. The molecule has 1 aromatic heterocycles. The Morgan fingerprint density at radius 3 is 2.50 bits per heavy atom. The fourth-order valence-corrected chi connectivity index (χ4v) is 2.17. The van der Waals surface area contributed by atoms with E-state index in [2.05, 4.69) is 31.0 Å². The summed E-state index contributed by atoms with van der Waals surface area (Å²) in [5.41, 5.74) is 5.82. The van der Waals surface area contributed by atoms with Crippen molar-refractivity contribution in [2.24, 2.45) is 0 Å². The molecule has 0 spiro atoms. The quantitative estimate of drug-likeness (QED) is 0.820. The topological polar surface area (TPSA) is 30.0 Å². The Morgan fingerprint density at radius 1 is 1.11 bits per heavy atom. The van der Waals surface area contributed by atoms with Crippen molar-refractivity contribution in [3.63, 3.8) is 0 Å². The number of nitrogens with zero attached hydrogens (tertiary/aromatic N) is 1. The van der Waals surface area contributed by atoms with Gasteiger partial charge in [-0.3, -0.25) is 9.78 Å².